The molecule has 2 aromatic carbocycles. The van der Waals surface area contributed by atoms with Gasteiger partial charge in [-0.1, -0.05) is 49.2 Å². The molecule has 1 atom stereocenters. The standard InChI is InChI=1S/C23H26ClNO3S/c1-3-23(14-13-18-19(23)10-6-11-20(18)24)22(26)25-29(27,28)21-12-5-9-17(15(21)2)16-7-4-8-16/h5-6,9-12,16H,3-4,7-8,13-14H2,1-2H3,(H,25,26). The molecule has 6 heteroatoms. The van der Waals surface area contributed by atoms with Crippen molar-refractivity contribution in [3.05, 3.63) is 63.7 Å². The third kappa shape index (κ3) is 3.28. The van der Waals surface area contributed by atoms with Gasteiger partial charge in [0, 0.05) is 5.02 Å². The van der Waals surface area contributed by atoms with Gasteiger partial charge in [0.1, 0.15) is 0 Å². The summed E-state index contributed by atoms with van der Waals surface area (Å²) in [6.07, 6.45) is 5.11. The Labute approximate surface area is 177 Å². The Kier molecular flexibility index (Phi) is 5.24. The van der Waals surface area contributed by atoms with Crippen LogP contribution in [0.1, 0.15) is 67.2 Å². The Morgan fingerprint density at radius 1 is 1.21 bits per heavy atom. The highest BCUT2D eigenvalue weighted by atomic mass is 35.5. The fourth-order valence-electron chi connectivity index (χ4n) is 4.86. The van der Waals surface area contributed by atoms with Crippen LogP contribution in [0.5, 0.6) is 0 Å². The molecule has 2 aliphatic carbocycles. The quantitative estimate of drug-likeness (QED) is 0.723. The number of rotatable bonds is 5. The van der Waals surface area contributed by atoms with Crippen LogP contribution in [0.25, 0.3) is 0 Å². The van der Waals surface area contributed by atoms with E-state index in [1.165, 1.54) is 6.42 Å². The van der Waals surface area contributed by atoms with Crippen LogP contribution >= 0.6 is 11.6 Å². The highest BCUT2D eigenvalue weighted by Crippen LogP contribution is 2.45. The monoisotopic (exact) mass is 431 g/mol. The van der Waals surface area contributed by atoms with E-state index in [2.05, 4.69) is 4.72 Å². The molecule has 0 heterocycles. The molecule has 2 aromatic rings. The number of hydrogen-bond donors (Lipinski definition) is 1. The maximum Gasteiger partial charge on any atom is 0.264 e. The van der Waals surface area contributed by atoms with Crippen LogP contribution in [0.15, 0.2) is 41.3 Å². The SMILES string of the molecule is CCC1(C(=O)NS(=O)(=O)c2cccc(C3CCC3)c2C)CCc2c(Cl)cccc21. The first-order valence-corrected chi connectivity index (χ1v) is 12.1. The van der Waals surface area contributed by atoms with Crippen LogP contribution in [-0.4, -0.2) is 14.3 Å². The Bertz CT molecular complexity index is 1080. The third-order valence-corrected chi connectivity index (χ3v) is 8.69. The van der Waals surface area contributed by atoms with E-state index in [9.17, 15) is 13.2 Å². The first-order valence-electron chi connectivity index (χ1n) is 10.2. The molecule has 0 bridgehead atoms. The van der Waals surface area contributed by atoms with E-state index in [1.807, 2.05) is 38.1 Å². The lowest BCUT2D eigenvalue weighted by Gasteiger charge is -2.29. The smallest absolute Gasteiger partial charge is 0.264 e. The van der Waals surface area contributed by atoms with Crippen LogP contribution in [0.2, 0.25) is 5.02 Å². The van der Waals surface area contributed by atoms with Gasteiger partial charge in [-0.15, -0.1) is 0 Å². The van der Waals surface area contributed by atoms with E-state index in [1.54, 1.807) is 12.1 Å². The fraction of sp³-hybridized carbons (Fsp3) is 0.435. The molecule has 0 radical (unpaired) electrons. The lowest BCUT2D eigenvalue weighted by atomic mass is 9.78. The summed E-state index contributed by atoms with van der Waals surface area (Å²) < 4.78 is 28.8. The topological polar surface area (TPSA) is 63.2 Å². The molecule has 0 saturated heterocycles. The maximum atomic E-state index is 13.3. The second-order valence-electron chi connectivity index (χ2n) is 8.23. The van der Waals surface area contributed by atoms with Crippen molar-refractivity contribution in [2.24, 2.45) is 0 Å². The fourth-order valence-corrected chi connectivity index (χ4v) is 6.45. The molecule has 4 rings (SSSR count). The van der Waals surface area contributed by atoms with E-state index in [0.29, 0.717) is 30.2 Å². The average molecular weight is 432 g/mol. The summed E-state index contributed by atoms with van der Waals surface area (Å²) in [5.74, 6) is -0.0406. The largest absolute Gasteiger partial charge is 0.273 e. The van der Waals surface area contributed by atoms with Gasteiger partial charge in [-0.3, -0.25) is 4.79 Å². The number of halogens is 1. The molecule has 0 spiro atoms. The van der Waals surface area contributed by atoms with E-state index in [-0.39, 0.29) is 4.90 Å². The molecule has 1 amide bonds. The summed E-state index contributed by atoms with van der Waals surface area (Å²) >= 11 is 6.32. The number of carbonyl (C=O) groups excluding carboxylic acids is 1. The van der Waals surface area contributed by atoms with Gasteiger partial charge in [0.15, 0.2) is 0 Å². The highest BCUT2D eigenvalue weighted by Gasteiger charge is 2.46. The number of benzene rings is 2. The number of hydrogen-bond acceptors (Lipinski definition) is 3. The molecule has 1 fully saturated rings. The van der Waals surface area contributed by atoms with Crippen molar-refractivity contribution < 1.29 is 13.2 Å². The van der Waals surface area contributed by atoms with Crippen molar-refractivity contribution in [1.29, 1.82) is 0 Å². The van der Waals surface area contributed by atoms with Gasteiger partial charge in [0.25, 0.3) is 10.0 Å². The molecular weight excluding hydrogens is 406 g/mol. The predicted octanol–water partition coefficient (Wildman–Crippen LogP) is 5.02. The molecule has 2 aliphatic rings. The Morgan fingerprint density at radius 2 is 1.93 bits per heavy atom. The minimum absolute atomic E-state index is 0.200. The number of nitrogens with one attached hydrogen (secondary N) is 1. The van der Waals surface area contributed by atoms with Gasteiger partial charge in [0.2, 0.25) is 5.91 Å². The van der Waals surface area contributed by atoms with Gasteiger partial charge >= 0.3 is 0 Å². The van der Waals surface area contributed by atoms with Crippen molar-refractivity contribution in [1.82, 2.24) is 4.72 Å². The zero-order valence-electron chi connectivity index (χ0n) is 16.8. The maximum absolute atomic E-state index is 13.3. The van der Waals surface area contributed by atoms with Crippen LogP contribution in [0.4, 0.5) is 0 Å². The van der Waals surface area contributed by atoms with Crippen LogP contribution in [-0.2, 0) is 26.7 Å². The summed E-state index contributed by atoms with van der Waals surface area (Å²) in [6, 6.07) is 10.9. The van der Waals surface area contributed by atoms with Crippen molar-refractivity contribution in [3.8, 4) is 0 Å². The first-order chi connectivity index (χ1) is 13.8. The van der Waals surface area contributed by atoms with Gasteiger partial charge in [-0.05, 0) is 79.3 Å². The molecule has 0 aromatic heterocycles. The van der Waals surface area contributed by atoms with Crippen molar-refractivity contribution >= 4 is 27.5 Å². The van der Waals surface area contributed by atoms with Crippen LogP contribution in [0, 0.1) is 6.92 Å². The minimum Gasteiger partial charge on any atom is -0.273 e. The molecule has 29 heavy (non-hydrogen) atoms. The number of amides is 1. The average Bonchev–Trinajstić information content (AvgIpc) is 3.03. The number of carbonyl (C=O) groups is 1. The van der Waals surface area contributed by atoms with Crippen LogP contribution < -0.4 is 4.72 Å². The Morgan fingerprint density at radius 3 is 2.59 bits per heavy atom. The summed E-state index contributed by atoms with van der Waals surface area (Å²) in [5.41, 5.74) is 2.76. The van der Waals surface area contributed by atoms with Crippen LogP contribution in [0.3, 0.4) is 0 Å². The third-order valence-electron chi connectivity index (χ3n) is 6.86. The zero-order chi connectivity index (χ0) is 20.8. The first kappa shape index (κ1) is 20.4. The van der Waals surface area contributed by atoms with Gasteiger partial charge < -0.3 is 0 Å². The van der Waals surface area contributed by atoms with E-state index >= 15 is 0 Å². The molecule has 1 unspecified atom stereocenters. The summed E-state index contributed by atoms with van der Waals surface area (Å²) in [6.45, 7) is 3.76. The molecule has 154 valence electrons. The van der Waals surface area contributed by atoms with Crippen molar-refractivity contribution in [2.75, 3.05) is 0 Å². The van der Waals surface area contributed by atoms with Crippen molar-refractivity contribution in [3.63, 3.8) is 0 Å². The molecular formula is C23H26ClNO3S. The zero-order valence-corrected chi connectivity index (χ0v) is 18.4. The summed E-state index contributed by atoms with van der Waals surface area (Å²) in [4.78, 5) is 13.5. The highest BCUT2D eigenvalue weighted by molar-refractivity contribution is 7.90. The second-order valence-corrected chi connectivity index (χ2v) is 10.3. The lowest BCUT2D eigenvalue weighted by Crippen LogP contribution is -2.45. The molecule has 0 aliphatic heterocycles. The van der Waals surface area contributed by atoms with E-state index in [4.69, 9.17) is 11.6 Å². The molecule has 1 N–H and O–H groups in total. The Hall–Kier alpha value is -1.85. The number of sulfonamides is 1. The minimum atomic E-state index is -3.96. The van der Waals surface area contributed by atoms with Gasteiger partial charge in [-0.2, -0.15) is 0 Å². The van der Waals surface area contributed by atoms with E-state index in [0.717, 1.165) is 35.1 Å². The van der Waals surface area contributed by atoms with E-state index < -0.39 is 21.3 Å². The Balaban J connectivity index is 1.67. The summed E-state index contributed by atoms with van der Waals surface area (Å²) in [7, 11) is -3.96. The lowest BCUT2D eigenvalue weighted by molar-refractivity contribution is -0.125. The number of fused-ring (bicyclic) bond motifs is 1. The van der Waals surface area contributed by atoms with Gasteiger partial charge in [-0.25, -0.2) is 13.1 Å². The van der Waals surface area contributed by atoms with Gasteiger partial charge in [0.05, 0.1) is 10.3 Å². The second kappa shape index (κ2) is 7.44. The van der Waals surface area contributed by atoms with Crippen molar-refractivity contribution in [2.45, 2.75) is 68.6 Å². The molecule has 4 nitrogen and oxygen atoms in total. The molecule has 1 saturated carbocycles. The predicted molar refractivity (Wildman–Crippen MR) is 115 cm³/mol. The summed E-state index contributed by atoms with van der Waals surface area (Å²) in [5, 5.41) is 0.637. The normalized spacial score (nSPS) is 21.5.